The van der Waals surface area contributed by atoms with Gasteiger partial charge in [0, 0.05) is 11.6 Å². The molecule has 2 heterocycles. The molecule has 1 aromatic carbocycles. The number of para-hydroxylation sites is 1. The van der Waals surface area contributed by atoms with Gasteiger partial charge in [0.2, 0.25) is 0 Å². The zero-order valence-electron chi connectivity index (χ0n) is 12.4. The van der Waals surface area contributed by atoms with Gasteiger partial charge in [0.25, 0.3) is 0 Å². The number of rotatable bonds is 5. The molecule has 2 unspecified atom stereocenters. The van der Waals surface area contributed by atoms with Crippen LogP contribution in [-0.2, 0) is 9.47 Å². The first-order valence-corrected chi connectivity index (χ1v) is 7.66. The van der Waals surface area contributed by atoms with Gasteiger partial charge in [-0.25, -0.2) is 0 Å². The van der Waals surface area contributed by atoms with E-state index in [-0.39, 0.29) is 12.1 Å². The molecule has 0 bridgehead atoms. The second kappa shape index (κ2) is 6.98. The van der Waals surface area contributed by atoms with Crippen LogP contribution in [0.3, 0.4) is 0 Å². The summed E-state index contributed by atoms with van der Waals surface area (Å²) in [5.74, 6) is 0. The van der Waals surface area contributed by atoms with Gasteiger partial charge in [-0.2, -0.15) is 0 Å². The van der Waals surface area contributed by atoms with Crippen LogP contribution in [-0.4, -0.2) is 37.5 Å². The van der Waals surface area contributed by atoms with E-state index in [1.807, 2.05) is 12.3 Å². The molecule has 1 aliphatic rings. The Morgan fingerprint density at radius 1 is 1.29 bits per heavy atom. The van der Waals surface area contributed by atoms with Gasteiger partial charge in [0.05, 0.1) is 31.4 Å². The molecule has 1 aromatic heterocycles. The third-order valence-electron chi connectivity index (χ3n) is 3.83. The van der Waals surface area contributed by atoms with Crippen molar-refractivity contribution in [3.63, 3.8) is 0 Å². The third kappa shape index (κ3) is 3.23. The van der Waals surface area contributed by atoms with Crippen molar-refractivity contribution in [2.75, 3.05) is 26.4 Å². The van der Waals surface area contributed by atoms with Crippen LogP contribution in [0.1, 0.15) is 24.9 Å². The summed E-state index contributed by atoms with van der Waals surface area (Å²) in [6.07, 6.45) is 2.97. The van der Waals surface area contributed by atoms with Crippen molar-refractivity contribution in [3.8, 4) is 0 Å². The van der Waals surface area contributed by atoms with Gasteiger partial charge in [0.1, 0.15) is 6.10 Å². The summed E-state index contributed by atoms with van der Waals surface area (Å²) >= 11 is 0. The normalized spacial score (nSPS) is 20.5. The average Bonchev–Trinajstić information content (AvgIpc) is 2.56. The van der Waals surface area contributed by atoms with E-state index >= 15 is 0 Å². The lowest BCUT2D eigenvalue weighted by atomic mass is 9.98. The van der Waals surface area contributed by atoms with Gasteiger partial charge in [-0.15, -0.1) is 0 Å². The Balaban J connectivity index is 1.96. The molecule has 0 saturated carbocycles. The second-order valence-corrected chi connectivity index (χ2v) is 5.34. The Labute approximate surface area is 125 Å². The lowest BCUT2D eigenvalue weighted by Gasteiger charge is -2.31. The third-order valence-corrected chi connectivity index (χ3v) is 3.83. The number of nitrogens with one attached hydrogen (secondary N) is 1. The van der Waals surface area contributed by atoms with Gasteiger partial charge in [-0.3, -0.25) is 4.98 Å². The number of aromatic nitrogens is 1. The molecular formula is C17H22N2O2. The Morgan fingerprint density at radius 3 is 3.00 bits per heavy atom. The van der Waals surface area contributed by atoms with Crippen molar-refractivity contribution in [1.82, 2.24) is 10.3 Å². The molecule has 2 atom stereocenters. The summed E-state index contributed by atoms with van der Waals surface area (Å²) in [7, 11) is 0. The maximum absolute atomic E-state index is 5.93. The van der Waals surface area contributed by atoms with E-state index in [1.54, 1.807) is 0 Å². The van der Waals surface area contributed by atoms with E-state index < -0.39 is 0 Å². The van der Waals surface area contributed by atoms with Crippen LogP contribution in [0.2, 0.25) is 0 Å². The molecule has 1 fully saturated rings. The van der Waals surface area contributed by atoms with E-state index in [2.05, 4.69) is 41.5 Å². The van der Waals surface area contributed by atoms with Crippen LogP contribution >= 0.6 is 0 Å². The SMILES string of the molecule is CCCNC(c1cccc2cccnc12)C1COCCO1. The van der Waals surface area contributed by atoms with Gasteiger partial charge < -0.3 is 14.8 Å². The molecule has 3 rings (SSSR count). The van der Waals surface area contributed by atoms with Crippen molar-refractivity contribution < 1.29 is 9.47 Å². The molecule has 0 spiro atoms. The van der Waals surface area contributed by atoms with Crippen LogP contribution < -0.4 is 5.32 Å². The average molecular weight is 286 g/mol. The van der Waals surface area contributed by atoms with Crippen LogP contribution in [0.25, 0.3) is 10.9 Å². The number of fused-ring (bicyclic) bond motifs is 1. The number of hydrogen-bond donors (Lipinski definition) is 1. The van der Waals surface area contributed by atoms with Crippen molar-refractivity contribution in [1.29, 1.82) is 0 Å². The van der Waals surface area contributed by atoms with Gasteiger partial charge in [-0.05, 0) is 24.6 Å². The van der Waals surface area contributed by atoms with E-state index in [9.17, 15) is 0 Å². The molecule has 0 aliphatic carbocycles. The summed E-state index contributed by atoms with van der Waals surface area (Å²) in [6, 6.07) is 10.5. The molecule has 4 nitrogen and oxygen atoms in total. The molecule has 112 valence electrons. The number of hydrogen-bond acceptors (Lipinski definition) is 4. The van der Waals surface area contributed by atoms with Crippen LogP contribution in [0.5, 0.6) is 0 Å². The topological polar surface area (TPSA) is 43.4 Å². The monoisotopic (exact) mass is 286 g/mol. The minimum Gasteiger partial charge on any atom is -0.376 e. The first-order chi connectivity index (χ1) is 10.4. The molecule has 2 aromatic rings. The van der Waals surface area contributed by atoms with Crippen LogP contribution in [0, 0.1) is 0 Å². The minimum atomic E-state index is 0.0397. The number of pyridine rings is 1. The minimum absolute atomic E-state index is 0.0397. The maximum atomic E-state index is 5.93. The zero-order chi connectivity index (χ0) is 14.5. The predicted molar refractivity (Wildman–Crippen MR) is 83.3 cm³/mol. The highest BCUT2D eigenvalue weighted by Gasteiger charge is 2.27. The van der Waals surface area contributed by atoms with E-state index in [4.69, 9.17) is 9.47 Å². The molecule has 1 saturated heterocycles. The highest BCUT2D eigenvalue weighted by atomic mass is 16.6. The Bertz CT molecular complexity index is 577. The molecule has 4 heteroatoms. The fourth-order valence-corrected chi connectivity index (χ4v) is 2.82. The Morgan fingerprint density at radius 2 is 2.19 bits per heavy atom. The first-order valence-electron chi connectivity index (χ1n) is 7.66. The van der Waals surface area contributed by atoms with Crippen LogP contribution in [0.4, 0.5) is 0 Å². The second-order valence-electron chi connectivity index (χ2n) is 5.34. The van der Waals surface area contributed by atoms with Gasteiger partial charge in [0.15, 0.2) is 0 Å². The van der Waals surface area contributed by atoms with Crippen molar-refractivity contribution >= 4 is 10.9 Å². The van der Waals surface area contributed by atoms with Crippen LogP contribution in [0.15, 0.2) is 36.5 Å². The largest absolute Gasteiger partial charge is 0.376 e. The number of nitrogens with zero attached hydrogens (tertiary/aromatic N) is 1. The molecule has 21 heavy (non-hydrogen) atoms. The zero-order valence-corrected chi connectivity index (χ0v) is 12.4. The molecular weight excluding hydrogens is 264 g/mol. The summed E-state index contributed by atoms with van der Waals surface area (Å²) in [5, 5.41) is 4.76. The quantitative estimate of drug-likeness (QED) is 0.918. The highest BCUT2D eigenvalue weighted by molar-refractivity contribution is 5.82. The molecule has 0 amide bonds. The Kier molecular flexibility index (Phi) is 4.80. The lowest BCUT2D eigenvalue weighted by molar-refractivity contribution is -0.102. The Hall–Kier alpha value is -1.49. The van der Waals surface area contributed by atoms with Gasteiger partial charge in [-0.1, -0.05) is 31.2 Å². The molecule has 1 N–H and O–H groups in total. The van der Waals surface area contributed by atoms with E-state index in [1.165, 1.54) is 5.56 Å². The molecule has 1 aliphatic heterocycles. The fourth-order valence-electron chi connectivity index (χ4n) is 2.82. The fraction of sp³-hybridized carbons (Fsp3) is 0.471. The smallest absolute Gasteiger partial charge is 0.100 e. The van der Waals surface area contributed by atoms with Crippen molar-refractivity contribution in [2.45, 2.75) is 25.5 Å². The van der Waals surface area contributed by atoms with Crippen molar-refractivity contribution in [2.24, 2.45) is 0 Å². The lowest BCUT2D eigenvalue weighted by Crippen LogP contribution is -2.41. The van der Waals surface area contributed by atoms with E-state index in [0.29, 0.717) is 19.8 Å². The summed E-state index contributed by atoms with van der Waals surface area (Å²) in [6.45, 7) is 5.10. The first kappa shape index (κ1) is 14.4. The number of ether oxygens (including phenoxy) is 2. The number of benzene rings is 1. The molecule has 0 radical (unpaired) electrons. The van der Waals surface area contributed by atoms with Gasteiger partial charge >= 0.3 is 0 Å². The maximum Gasteiger partial charge on any atom is 0.100 e. The van der Waals surface area contributed by atoms with E-state index in [0.717, 1.165) is 23.9 Å². The summed E-state index contributed by atoms with van der Waals surface area (Å²) < 4.78 is 11.5. The van der Waals surface area contributed by atoms with Crippen molar-refractivity contribution in [3.05, 3.63) is 42.1 Å². The summed E-state index contributed by atoms with van der Waals surface area (Å²) in [5.41, 5.74) is 2.24. The summed E-state index contributed by atoms with van der Waals surface area (Å²) in [4.78, 5) is 4.57. The standard InChI is InChI=1S/C17H22N2O2/c1-2-8-18-17(15-12-20-10-11-21-15)14-7-3-5-13-6-4-9-19-16(13)14/h3-7,9,15,17-18H,2,8,10-12H2,1H3. The predicted octanol–water partition coefficient (Wildman–Crippen LogP) is 2.69. The highest BCUT2D eigenvalue weighted by Crippen LogP contribution is 2.27.